The van der Waals surface area contributed by atoms with E-state index in [2.05, 4.69) is 15.3 Å². The van der Waals surface area contributed by atoms with Crippen molar-refractivity contribution in [1.82, 2.24) is 14.5 Å². The number of amides is 1. The average molecular weight is 585 g/mol. The SMILES string of the molecule is Cc1nc(NC(=O)Cn2cnc3sc(C(=O)OCCOc4ccccc4)c(C)c3c2=O)sc1C(=O)OCC(C)C. The van der Waals surface area contributed by atoms with Crippen molar-refractivity contribution in [2.24, 2.45) is 5.92 Å². The summed E-state index contributed by atoms with van der Waals surface area (Å²) >= 11 is 2.05. The van der Waals surface area contributed by atoms with Gasteiger partial charge in [-0.3, -0.25) is 14.2 Å². The van der Waals surface area contributed by atoms with Crippen LogP contribution in [-0.2, 0) is 20.8 Å². The molecule has 0 radical (unpaired) electrons. The van der Waals surface area contributed by atoms with Crippen molar-refractivity contribution >= 4 is 55.9 Å². The number of hydrogen-bond acceptors (Lipinski definition) is 11. The van der Waals surface area contributed by atoms with Crippen LogP contribution in [0.4, 0.5) is 5.13 Å². The topological polar surface area (TPSA) is 139 Å². The summed E-state index contributed by atoms with van der Waals surface area (Å²) < 4.78 is 17.2. The number of thiazole rings is 1. The van der Waals surface area contributed by atoms with Crippen LogP contribution in [-0.4, -0.2) is 52.2 Å². The molecule has 3 heterocycles. The predicted molar refractivity (Wildman–Crippen MR) is 151 cm³/mol. The maximum atomic E-state index is 13.2. The van der Waals surface area contributed by atoms with E-state index in [4.69, 9.17) is 14.2 Å². The second-order valence-corrected chi connectivity index (χ2v) is 11.2. The Kier molecular flexibility index (Phi) is 9.27. The van der Waals surface area contributed by atoms with E-state index in [9.17, 15) is 19.2 Å². The quantitative estimate of drug-likeness (QED) is 0.203. The van der Waals surface area contributed by atoms with Gasteiger partial charge in [0, 0.05) is 0 Å². The van der Waals surface area contributed by atoms with Crippen LogP contribution in [0.1, 0.15) is 44.4 Å². The number of aryl methyl sites for hydroxylation is 2. The summed E-state index contributed by atoms with van der Waals surface area (Å²) in [6.07, 6.45) is 1.25. The Morgan fingerprint density at radius 3 is 2.45 bits per heavy atom. The van der Waals surface area contributed by atoms with Crippen molar-refractivity contribution in [3.05, 3.63) is 68.0 Å². The molecule has 0 aliphatic heterocycles. The van der Waals surface area contributed by atoms with Crippen molar-refractivity contribution in [1.29, 1.82) is 0 Å². The number of hydrogen-bond donors (Lipinski definition) is 1. The van der Waals surface area contributed by atoms with E-state index >= 15 is 0 Å². The van der Waals surface area contributed by atoms with E-state index in [1.165, 1.54) is 6.33 Å². The number of para-hydroxylation sites is 1. The normalized spacial score (nSPS) is 11.0. The molecule has 210 valence electrons. The predicted octanol–water partition coefficient (Wildman–Crippen LogP) is 4.22. The van der Waals surface area contributed by atoms with Crippen molar-refractivity contribution < 1.29 is 28.6 Å². The van der Waals surface area contributed by atoms with E-state index < -0.39 is 23.4 Å². The molecule has 0 aliphatic rings. The van der Waals surface area contributed by atoms with Gasteiger partial charge in [-0.25, -0.2) is 19.6 Å². The molecular formula is C27H28N4O7S2. The second kappa shape index (κ2) is 12.8. The average Bonchev–Trinajstić information content (AvgIpc) is 3.46. The van der Waals surface area contributed by atoms with Crippen molar-refractivity contribution in [2.45, 2.75) is 34.2 Å². The van der Waals surface area contributed by atoms with E-state index in [0.29, 0.717) is 26.7 Å². The number of anilines is 1. The van der Waals surface area contributed by atoms with Gasteiger partial charge in [-0.05, 0) is 37.5 Å². The van der Waals surface area contributed by atoms with Gasteiger partial charge in [0.1, 0.15) is 40.1 Å². The number of benzene rings is 1. The Balaban J connectivity index is 1.40. The van der Waals surface area contributed by atoms with Gasteiger partial charge in [0.25, 0.3) is 5.56 Å². The second-order valence-electron chi connectivity index (χ2n) is 9.19. The zero-order valence-electron chi connectivity index (χ0n) is 22.4. The van der Waals surface area contributed by atoms with Gasteiger partial charge in [0.15, 0.2) is 5.13 Å². The summed E-state index contributed by atoms with van der Waals surface area (Å²) in [6.45, 7) is 7.31. The van der Waals surface area contributed by atoms with Gasteiger partial charge in [0.05, 0.1) is 24.0 Å². The molecule has 0 saturated carbocycles. The molecule has 11 nitrogen and oxygen atoms in total. The Hall–Kier alpha value is -4.10. The minimum atomic E-state index is -0.581. The van der Waals surface area contributed by atoms with Gasteiger partial charge < -0.3 is 19.5 Å². The van der Waals surface area contributed by atoms with Crippen LogP contribution in [0.2, 0.25) is 0 Å². The van der Waals surface area contributed by atoms with E-state index in [-0.39, 0.29) is 47.7 Å². The summed E-state index contributed by atoms with van der Waals surface area (Å²) in [7, 11) is 0. The third-order valence-corrected chi connectivity index (χ3v) is 7.75. The first kappa shape index (κ1) is 28.9. The summed E-state index contributed by atoms with van der Waals surface area (Å²) in [5, 5.41) is 3.08. The van der Waals surface area contributed by atoms with Crippen LogP contribution in [0.15, 0.2) is 41.5 Å². The lowest BCUT2D eigenvalue weighted by Crippen LogP contribution is -2.27. The summed E-state index contributed by atoms with van der Waals surface area (Å²) in [5.41, 5.74) is 0.407. The molecule has 0 aliphatic carbocycles. The van der Waals surface area contributed by atoms with Gasteiger partial charge in [-0.1, -0.05) is 43.4 Å². The lowest BCUT2D eigenvalue weighted by molar-refractivity contribution is -0.116. The number of carbonyl (C=O) groups is 3. The number of ether oxygens (including phenoxy) is 3. The van der Waals surface area contributed by atoms with E-state index in [1.807, 2.05) is 32.0 Å². The number of esters is 2. The van der Waals surface area contributed by atoms with Crippen LogP contribution in [0.3, 0.4) is 0 Å². The molecule has 0 unspecified atom stereocenters. The minimum absolute atomic E-state index is 0.0344. The first-order valence-electron chi connectivity index (χ1n) is 12.4. The Morgan fingerprint density at radius 2 is 1.73 bits per heavy atom. The maximum Gasteiger partial charge on any atom is 0.350 e. The fourth-order valence-corrected chi connectivity index (χ4v) is 5.51. The molecule has 1 N–H and O–H groups in total. The molecule has 1 amide bonds. The molecule has 0 atom stereocenters. The van der Waals surface area contributed by atoms with E-state index in [0.717, 1.165) is 27.2 Å². The number of rotatable bonds is 11. The molecule has 0 fully saturated rings. The number of nitrogens with zero attached hydrogens (tertiary/aromatic N) is 3. The van der Waals surface area contributed by atoms with Crippen molar-refractivity contribution in [3.8, 4) is 5.75 Å². The molecule has 0 spiro atoms. The molecular weight excluding hydrogens is 556 g/mol. The lowest BCUT2D eigenvalue weighted by atomic mass is 10.2. The highest BCUT2D eigenvalue weighted by Gasteiger charge is 2.22. The largest absolute Gasteiger partial charge is 0.490 e. The van der Waals surface area contributed by atoms with Crippen LogP contribution < -0.4 is 15.6 Å². The van der Waals surface area contributed by atoms with E-state index in [1.54, 1.807) is 26.0 Å². The highest BCUT2D eigenvalue weighted by molar-refractivity contribution is 7.20. The molecule has 0 saturated heterocycles. The molecule has 13 heteroatoms. The molecule has 1 aromatic carbocycles. The fraction of sp³-hybridized carbons (Fsp3) is 0.333. The van der Waals surface area contributed by atoms with Gasteiger partial charge >= 0.3 is 11.9 Å². The zero-order valence-corrected chi connectivity index (χ0v) is 24.0. The summed E-state index contributed by atoms with van der Waals surface area (Å²) in [4.78, 5) is 60.2. The smallest absolute Gasteiger partial charge is 0.350 e. The number of nitrogens with one attached hydrogen (secondary N) is 1. The first-order chi connectivity index (χ1) is 19.1. The summed E-state index contributed by atoms with van der Waals surface area (Å²) in [5.74, 6) is -0.748. The monoisotopic (exact) mass is 584 g/mol. The Morgan fingerprint density at radius 1 is 1.00 bits per heavy atom. The molecule has 4 rings (SSSR count). The Bertz CT molecular complexity index is 1590. The summed E-state index contributed by atoms with van der Waals surface area (Å²) in [6, 6.07) is 9.16. The van der Waals surface area contributed by atoms with Crippen molar-refractivity contribution in [2.75, 3.05) is 25.1 Å². The highest BCUT2D eigenvalue weighted by atomic mass is 32.1. The van der Waals surface area contributed by atoms with Crippen LogP contribution in [0.25, 0.3) is 10.2 Å². The molecule has 4 aromatic rings. The number of aromatic nitrogens is 3. The van der Waals surface area contributed by atoms with Gasteiger partial charge in [-0.2, -0.15) is 0 Å². The first-order valence-corrected chi connectivity index (χ1v) is 14.0. The highest BCUT2D eigenvalue weighted by Crippen LogP contribution is 2.28. The third kappa shape index (κ3) is 6.90. The maximum absolute atomic E-state index is 13.2. The molecule has 3 aromatic heterocycles. The number of fused-ring (bicyclic) bond motifs is 1. The van der Waals surface area contributed by atoms with Crippen molar-refractivity contribution in [3.63, 3.8) is 0 Å². The van der Waals surface area contributed by atoms with Gasteiger partial charge in [0.2, 0.25) is 5.91 Å². The van der Waals surface area contributed by atoms with Crippen LogP contribution in [0.5, 0.6) is 5.75 Å². The Labute approximate surface area is 237 Å². The zero-order chi connectivity index (χ0) is 28.8. The fourth-order valence-electron chi connectivity index (χ4n) is 3.60. The van der Waals surface area contributed by atoms with Gasteiger partial charge in [-0.15, -0.1) is 11.3 Å². The molecule has 40 heavy (non-hydrogen) atoms. The minimum Gasteiger partial charge on any atom is -0.490 e. The van der Waals surface area contributed by atoms with Crippen LogP contribution in [0, 0.1) is 19.8 Å². The lowest BCUT2D eigenvalue weighted by Gasteiger charge is -2.07. The molecule has 0 bridgehead atoms. The van der Waals surface area contributed by atoms with Crippen LogP contribution >= 0.6 is 22.7 Å². The standard InChI is InChI=1S/C27H28N4O7S2/c1-15(2)13-38-26(35)22-17(4)29-27(40-22)30-19(32)12-31-14-28-23-20(24(31)33)16(3)21(39-23)25(34)37-11-10-36-18-8-6-5-7-9-18/h5-9,14-15H,10-13H2,1-4H3,(H,29,30,32). The third-order valence-electron chi connectivity index (χ3n) is 5.52. The number of thiophene rings is 1. The number of carbonyl (C=O) groups excluding carboxylic acids is 3.